The van der Waals surface area contributed by atoms with Gasteiger partial charge in [-0.15, -0.1) is 0 Å². The fourth-order valence-corrected chi connectivity index (χ4v) is 2.44. The van der Waals surface area contributed by atoms with Gasteiger partial charge >= 0.3 is 5.97 Å². The lowest BCUT2D eigenvalue weighted by molar-refractivity contribution is 0.0590. The molecule has 0 atom stereocenters. The molecule has 88 valence electrons. The maximum atomic E-state index is 11.5. The van der Waals surface area contributed by atoms with Crippen molar-refractivity contribution in [3.05, 3.63) is 23.5 Å². The predicted octanol–water partition coefficient (Wildman–Crippen LogP) is 1.54. The van der Waals surface area contributed by atoms with Gasteiger partial charge in [-0.3, -0.25) is 0 Å². The Bertz CT molecular complexity index is 403. The summed E-state index contributed by atoms with van der Waals surface area (Å²) >= 11 is 0. The average Bonchev–Trinajstić information content (AvgIpc) is 2.85. The third kappa shape index (κ3) is 1.73. The van der Waals surface area contributed by atoms with Crippen molar-refractivity contribution >= 4 is 5.97 Å². The number of hydrogen-bond acceptors (Lipinski definition) is 3. The van der Waals surface area contributed by atoms with Crippen LogP contribution in [0.2, 0.25) is 0 Å². The molecule has 0 aromatic carbocycles. The van der Waals surface area contributed by atoms with Gasteiger partial charge in [-0.1, -0.05) is 12.8 Å². The number of aryl methyl sites for hydroxylation is 1. The summed E-state index contributed by atoms with van der Waals surface area (Å²) in [6.45, 7) is 0. The van der Waals surface area contributed by atoms with Gasteiger partial charge in [0.25, 0.3) is 0 Å². The van der Waals surface area contributed by atoms with Gasteiger partial charge in [0.05, 0.1) is 7.11 Å². The summed E-state index contributed by atoms with van der Waals surface area (Å²) in [5.41, 5.74) is 7.71. The van der Waals surface area contributed by atoms with Crippen LogP contribution >= 0.6 is 0 Å². The second-order valence-corrected chi connectivity index (χ2v) is 4.58. The molecule has 4 nitrogen and oxygen atoms in total. The number of nitrogens with zero attached hydrogens (tertiary/aromatic N) is 1. The fourth-order valence-electron chi connectivity index (χ4n) is 2.44. The summed E-state index contributed by atoms with van der Waals surface area (Å²) in [6.07, 6.45) is 6.27. The van der Waals surface area contributed by atoms with Crippen molar-refractivity contribution in [1.29, 1.82) is 0 Å². The summed E-state index contributed by atoms with van der Waals surface area (Å²) in [6, 6.07) is 1.86. The highest BCUT2D eigenvalue weighted by molar-refractivity contribution is 5.88. The molecular weight excluding hydrogens is 204 g/mol. The highest BCUT2D eigenvalue weighted by atomic mass is 16.5. The van der Waals surface area contributed by atoms with Crippen LogP contribution in [0.3, 0.4) is 0 Å². The lowest BCUT2D eigenvalue weighted by Gasteiger charge is -2.21. The molecule has 2 rings (SSSR count). The summed E-state index contributed by atoms with van der Waals surface area (Å²) in [5, 5.41) is 0. The molecule has 1 saturated carbocycles. The first kappa shape index (κ1) is 11.2. The minimum Gasteiger partial charge on any atom is -0.464 e. The first-order chi connectivity index (χ1) is 7.57. The van der Waals surface area contributed by atoms with Gasteiger partial charge in [0.15, 0.2) is 0 Å². The quantitative estimate of drug-likeness (QED) is 0.772. The van der Waals surface area contributed by atoms with Crippen LogP contribution in [0.1, 0.15) is 41.7 Å². The molecule has 0 radical (unpaired) electrons. The van der Waals surface area contributed by atoms with Crippen LogP contribution in [-0.4, -0.2) is 17.6 Å². The highest BCUT2D eigenvalue weighted by Crippen LogP contribution is 2.36. The number of carbonyl (C=O) groups is 1. The zero-order chi connectivity index (χ0) is 11.8. The van der Waals surface area contributed by atoms with Crippen LogP contribution in [0.4, 0.5) is 0 Å². The lowest BCUT2D eigenvalue weighted by atomic mass is 9.91. The van der Waals surface area contributed by atoms with E-state index in [1.165, 1.54) is 20.0 Å². The number of aromatic nitrogens is 1. The monoisotopic (exact) mass is 222 g/mol. The van der Waals surface area contributed by atoms with Crippen LogP contribution in [0, 0.1) is 0 Å². The summed E-state index contributed by atoms with van der Waals surface area (Å²) < 4.78 is 6.51. The summed E-state index contributed by atoms with van der Waals surface area (Å²) in [7, 11) is 3.23. The Kier molecular flexibility index (Phi) is 2.76. The standard InChI is InChI=1S/C12H18N2O2/c1-14-8-9(7-10(14)11(15)16-2)12(13)5-3-4-6-12/h7-8H,3-6,13H2,1-2H3. The maximum absolute atomic E-state index is 11.5. The van der Waals surface area contributed by atoms with E-state index in [1.54, 1.807) is 4.57 Å². The number of rotatable bonds is 2. The van der Waals surface area contributed by atoms with Crippen LogP contribution in [0.25, 0.3) is 0 Å². The first-order valence-corrected chi connectivity index (χ1v) is 5.61. The molecule has 1 aliphatic rings. The molecule has 2 N–H and O–H groups in total. The van der Waals surface area contributed by atoms with Crippen LogP contribution < -0.4 is 5.73 Å². The number of methoxy groups -OCH3 is 1. The minimum atomic E-state index is -0.310. The second kappa shape index (κ2) is 3.94. The van der Waals surface area contributed by atoms with Crippen molar-refractivity contribution in [2.45, 2.75) is 31.2 Å². The smallest absolute Gasteiger partial charge is 0.354 e. The van der Waals surface area contributed by atoms with Crippen molar-refractivity contribution in [1.82, 2.24) is 4.57 Å². The third-order valence-electron chi connectivity index (χ3n) is 3.47. The van der Waals surface area contributed by atoms with Gasteiger partial charge in [0.2, 0.25) is 0 Å². The van der Waals surface area contributed by atoms with Crippen LogP contribution in [0.15, 0.2) is 12.3 Å². The molecule has 16 heavy (non-hydrogen) atoms. The van der Waals surface area contributed by atoms with E-state index in [0.717, 1.165) is 18.4 Å². The van der Waals surface area contributed by atoms with E-state index in [0.29, 0.717) is 5.69 Å². The van der Waals surface area contributed by atoms with E-state index in [1.807, 2.05) is 19.3 Å². The highest BCUT2D eigenvalue weighted by Gasteiger charge is 2.33. The van der Waals surface area contributed by atoms with E-state index >= 15 is 0 Å². The van der Waals surface area contributed by atoms with E-state index < -0.39 is 0 Å². The normalized spacial score (nSPS) is 18.7. The largest absolute Gasteiger partial charge is 0.464 e. The predicted molar refractivity (Wildman–Crippen MR) is 61.1 cm³/mol. The number of ether oxygens (including phenoxy) is 1. The van der Waals surface area contributed by atoms with Crippen LogP contribution in [-0.2, 0) is 17.3 Å². The number of hydrogen-bond donors (Lipinski definition) is 1. The first-order valence-electron chi connectivity index (χ1n) is 5.61. The molecule has 0 bridgehead atoms. The van der Waals surface area contributed by atoms with Gasteiger partial charge in [-0.25, -0.2) is 4.79 Å². The van der Waals surface area contributed by atoms with Gasteiger partial charge < -0.3 is 15.0 Å². The molecule has 1 heterocycles. The van der Waals surface area contributed by atoms with Gasteiger partial charge in [0, 0.05) is 18.8 Å². The fraction of sp³-hybridized carbons (Fsp3) is 0.583. The molecule has 1 aromatic rings. The molecule has 0 spiro atoms. The van der Waals surface area contributed by atoms with Crippen molar-refractivity contribution < 1.29 is 9.53 Å². The Morgan fingerprint density at radius 3 is 2.69 bits per heavy atom. The number of carbonyl (C=O) groups excluding carboxylic acids is 1. The van der Waals surface area contributed by atoms with Gasteiger partial charge in [-0.2, -0.15) is 0 Å². The molecular formula is C12H18N2O2. The Morgan fingerprint density at radius 1 is 1.50 bits per heavy atom. The molecule has 1 aromatic heterocycles. The van der Waals surface area contributed by atoms with E-state index in [9.17, 15) is 4.79 Å². The zero-order valence-corrected chi connectivity index (χ0v) is 9.82. The van der Waals surface area contributed by atoms with Gasteiger partial charge in [-0.05, 0) is 24.5 Å². The molecule has 0 saturated heterocycles. The van der Waals surface area contributed by atoms with E-state index in [4.69, 9.17) is 10.5 Å². The Morgan fingerprint density at radius 2 is 2.12 bits per heavy atom. The van der Waals surface area contributed by atoms with Crippen molar-refractivity contribution in [3.8, 4) is 0 Å². The molecule has 0 unspecified atom stereocenters. The Labute approximate surface area is 95.4 Å². The van der Waals surface area contributed by atoms with Crippen molar-refractivity contribution in [2.24, 2.45) is 12.8 Å². The number of esters is 1. The van der Waals surface area contributed by atoms with Crippen molar-refractivity contribution in [3.63, 3.8) is 0 Å². The molecule has 0 aliphatic heterocycles. The van der Waals surface area contributed by atoms with E-state index in [-0.39, 0.29) is 11.5 Å². The van der Waals surface area contributed by atoms with Crippen LogP contribution in [0.5, 0.6) is 0 Å². The number of nitrogens with two attached hydrogens (primary N) is 1. The lowest BCUT2D eigenvalue weighted by Crippen LogP contribution is -2.32. The average molecular weight is 222 g/mol. The summed E-state index contributed by atoms with van der Waals surface area (Å²) in [4.78, 5) is 11.5. The topological polar surface area (TPSA) is 57.2 Å². The van der Waals surface area contributed by atoms with E-state index in [2.05, 4.69) is 0 Å². The van der Waals surface area contributed by atoms with Gasteiger partial charge in [0.1, 0.15) is 5.69 Å². The van der Waals surface area contributed by atoms with Crippen molar-refractivity contribution in [2.75, 3.05) is 7.11 Å². The molecule has 0 amide bonds. The molecule has 1 fully saturated rings. The SMILES string of the molecule is COC(=O)c1cc(C2(N)CCCC2)cn1C. The minimum absolute atomic E-state index is 0.246. The summed E-state index contributed by atoms with van der Waals surface area (Å²) in [5.74, 6) is -0.310. The maximum Gasteiger partial charge on any atom is 0.354 e. The third-order valence-corrected chi connectivity index (χ3v) is 3.47. The Hall–Kier alpha value is -1.29. The second-order valence-electron chi connectivity index (χ2n) is 4.58. The zero-order valence-electron chi connectivity index (χ0n) is 9.82. The Balaban J connectivity index is 2.33. The molecule has 4 heteroatoms. The molecule has 1 aliphatic carbocycles.